The van der Waals surface area contributed by atoms with Gasteiger partial charge in [0.1, 0.15) is 17.6 Å². The Labute approximate surface area is 149 Å². The number of fused-ring (bicyclic) bond motifs is 2. The van der Waals surface area contributed by atoms with Gasteiger partial charge in [0.15, 0.2) is 0 Å². The van der Waals surface area contributed by atoms with Crippen LogP contribution >= 0.6 is 0 Å². The minimum absolute atomic E-state index is 0.155. The standard InChI is InChI=1S/C22H27NO2/c1-12-9-15-16(13(2)24)11-22(12)18-10-14-5-4-6-17-19(14)21(22,20(15)25-17)7-8-23(18)3/h4-6,12,15-16,18,20H,7-11H2,1-3H3/t12-,15?,16?,18-,20+,21+,22?/m1/s1. The lowest BCUT2D eigenvalue weighted by molar-refractivity contribution is -0.221. The summed E-state index contributed by atoms with van der Waals surface area (Å²) in [5.41, 5.74) is 3.42. The van der Waals surface area contributed by atoms with Crippen molar-refractivity contribution in [3.63, 3.8) is 0 Å². The van der Waals surface area contributed by atoms with Crippen LogP contribution < -0.4 is 4.74 Å². The summed E-state index contributed by atoms with van der Waals surface area (Å²) >= 11 is 0. The van der Waals surface area contributed by atoms with Crippen LogP contribution in [0.4, 0.5) is 0 Å². The number of hydrogen-bond acceptors (Lipinski definition) is 3. The van der Waals surface area contributed by atoms with Crippen molar-refractivity contribution in [1.29, 1.82) is 0 Å². The molecule has 4 aliphatic carbocycles. The average molecular weight is 337 g/mol. The fourth-order valence-electron chi connectivity index (χ4n) is 8.29. The van der Waals surface area contributed by atoms with E-state index in [1.807, 2.05) is 6.92 Å². The monoisotopic (exact) mass is 337 g/mol. The van der Waals surface area contributed by atoms with Crippen molar-refractivity contribution in [3.8, 4) is 5.75 Å². The molecule has 2 aliphatic heterocycles. The van der Waals surface area contributed by atoms with Gasteiger partial charge in [-0.25, -0.2) is 0 Å². The van der Waals surface area contributed by atoms with Crippen LogP contribution in [-0.2, 0) is 16.6 Å². The normalized spacial score (nSPS) is 48.8. The number of ether oxygens (including phenoxy) is 1. The number of nitrogens with zero attached hydrogens (tertiary/aromatic N) is 1. The third-order valence-corrected chi connectivity index (χ3v) is 9.02. The maximum Gasteiger partial charge on any atom is 0.133 e. The van der Waals surface area contributed by atoms with Gasteiger partial charge in [0.25, 0.3) is 0 Å². The van der Waals surface area contributed by atoms with E-state index in [-0.39, 0.29) is 22.9 Å². The fraction of sp³-hybridized carbons (Fsp3) is 0.682. The first-order valence-corrected chi connectivity index (χ1v) is 10.0. The zero-order valence-electron chi connectivity index (χ0n) is 15.4. The van der Waals surface area contributed by atoms with E-state index in [2.05, 4.69) is 37.1 Å². The molecular weight excluding hydrogens is 310 g/mol. The lowest BCUT2D eigenvalue weighted by Crippen LogP contribution is -2.78. The van der Waals surface area contributed by atoms with E-state index >= 15 is 0 Å². The summed E-state index contributed by atoms with van der Waals surface area (Å²) in [6.45, 7) is 5.44. The molecule has 2 heterocycles. The second-order valence-electron chi connectivity index (χ2n) is 9.51. The molecule has 7 rings (SSSR count). The number of carbonyl (C=O) groups excluding carboxylic acids is 1. The smallest absolute Gasteiger partial charge is 0.133 e. The van der Waals surface area contributed by atoms with Gasteiger partial charge < -0.3 is 9.64 Å². The maximum absolute atomic E-state index is 12.6. The molecule has 4 fully saturated rings. The molecule has 0 amide bonds. The number of rotatable bonds is 1. The summed E-state index contributed by atoms with van der Waals surface area (Å²) in [5.74, 6) is 2.78. The van der Waals surface area contributed by atoms with Crippen LogP contribution in [0.5, 0.6) is 5.75 Å². The molecule has 4 bridgehead atoms. The molecular formula is C22H27NO2. The lowest BCUT2D eigenvalue weighted by atomic mass is 9.33. The van der Waals surface area contributed by atoms with Crippen molar-refractivity contribution in [1.82, 2.24) is 4.90 Å². The van der Waals surface area contributed by atoms with Crippen LogP contribution in [-0.4, -0.2) is 36.4 Å². The summed E-state index contributed by atoms with van der Waals surface area (Å²) in [6.07, 6.45) is 4.78. The van der Waals surface area contributed by atoms with Gasteiger partial charge in [-0.1, -0.05) is 19.1 Å². The molecule has 132 valence electrons. The van der Waals surface area contributed by atoms with Crippen molar-refractivity contribution >= 4 is 5.78 Å². The van der Waals surface area contributed by atoms with Gasteiger partial charge in [-0.2, -0.15) is 0 Å². The zero-order valence-corrected chi connectivity index (χ0v) is 15.4. The first-order chi connectivity index (χ1) is 12.0. The topological polar surface area (TPSA) is 29.5 Å². The Morgan fingerprint density at radius 3 is 3.00 bits per heavy atom. The Balaban J connectivity index is 1.69. The van der Waals surface area contributed by atoms with E-state index in [1.54, 1.807) is 5.56 Å². The zero-order chi connectivity index (χ0) is 17.1. The highest BCUT2D eigenvalue weighted by Crippen LogP contribution is 2.75. The Kier molecular flexibility index (Phi) is 2.55. The Morgan fingerprint density at radius 1 is 1.36 bits per heavy atom. The second kappa shape index (κ2) is 4.31. The fourth-order valence-corrected chi connectivity index (χ4v) is 8.29. The van der Waals surface area contributed by atoms with Crippen LogP contribution in [0.2, 0.25) is 0 Å². The molecule has 0 N–H and O–H groups in total. The van der Waals surface area contributed by atoms with E-state index in [0.29, 0.717) is 23.7 Å². The number of likely N-dealkylation sites (tertiary alicyclic amines) is 1. The molecule has 3 nitrogen and oxygen atoms in total. The Bertz CT molecular complexity index is 803. The minimum atomic E-state index is 0.155. The van der Waals surface area contributed by atoms with Crippen molar-refractivity contribution in [2.75, 3.05) is 13.6 Å². The third-order valence-electron chi connectivity index (χ3n) is 9.02. The maximum atomic E-state index is 12.6. The molecule has 3 unspecified atom stereocenters. The van der Waals surface area contributed by atoms with Gasteiger partial charge in [-0.15, -0.1) is 0 Å². The number of carbonyl (C=O) groups is 1. The number of hydrogen-bond donors (Lipinski definition) is 0. The highest BCUT2D eigenvalue weighted by Gasteiger charge is 2.77. The number of ketones is 1. The molecule has 6 aliphatic rings. The summed E-state index contributed by atoms with van der Waals surface area (Å²) in [7, 11) is 2.31. The molecule has 2 spiro atoms. The van der Waals surface area contributed by atoms with Gasteiger partial charge in [0.2, 0.25) is 0 Å². The summed E-state index contributed by atoms with van der Waals surface area (Å²) in [5, 5.41) is 0. The minimum Gasteiger partial charge on any atom is -0.489 e. The van der Waals surface area contributed by atoms with Gasteiger partial charge >= 0.3 is 0 Å². The number of likely N-dealkylation sites (N-methyl/N-ethyl adjacent to an activating group) is 1. The largest absolute Gasteiger partial charge is 0.489 e. The van der Waals surface area contributed by atoms with E-state index in [0.717, 1.165) is 31.6 Å². The highest BCUT2D eigenvalue weighted by molar-refractivity contribution is 5.80. The van der Waals surface area contributed by atoms with Crippen molar-refractivity contribution in [3.05, 3.63) is 29.3 Å². The quantitative estimate of drug-likeness (QED) is 0.788. The highest BCUT2D eigenvalue weighted by atomic mass is 16.5. The van der Waals surface area contributed by atoms with Crippen molar-refractivity contribution in [2.45, 2.75) is 57.1 Å². The molecule has 25 heavy (non-hydrogen) atoms. The van der Waals surface area contributed by atoms with Gasteiger partial charge in [0, 0.05) is 34.3 Å². The number of Topliss-reactive ketones (excluding diaryl/α,β-unsaturated/α-hetero) is 1. The van der Waals surface area contributed by atoms with E-state index in [1.165, 1.54) is 12.0 Å². The van der Waals surface area contributed by atoms with E-state index in [4.69, 9.17) is 4.74 Å². The molecule has 1 aromatic rings. The van der Waals surface area contributed by atoms with Crippen LogP contribution in [0, 0.1) is 23.2 Å². The Morgan fingerprint density at radius 2 is 2.20 bits per heavy atom. The Hall–Kier alpha value is -1.35. The summed E-state index contributed by atoms with van der Waals surface area (Å²) < 4.78 is 6.70. The van der Waals surface area contributed by atoms with Crippen LogP contribution in [0.3, 0.4) is 0 Å². The number of piperidine rings is 1. The predicted octanol–water partition coefficient (Wildman–Crippen LogP) is 3.20. The summed E-state index contributed by atoms with van der Waals surface area (Å²) in [6, 6.07) is 7.24. The molecule has 1 saturated heterocycles. The lowest BCUT2D eigenvalue weighted by Gasteiger charge is -2.73. The molecule has 7 atom stereocenters. The predicted molar refractivity (Wildman–Crippen MR) is 95.8 cm³/mol. The van der Waals surface area contributed by atoms with E-state index < -0.39 is 0 Å². The third kappa shape index (κ3) is 1.35. The van der Waals surface area contributed by atoms with Gasteiger partial charge in [-0.05, 0) is 63.7 Å². The van der Waals surface area contributed by atoms with Crippen LogP contribution in [0.25, 0.3) is 0 Å². The van der Waals surface area contributed by atoms with Crippen LogP contribution in [0.1, 0.15) is 44.2 Å². The summed E-state index contributed by atoms with van der Waals surface area (Å²) in [4.78, 5) is 15.2. The molecule has 0 aromatic heterocycles. The van der Waals surface area contributed by atoms with Gasteiger partial charge in [-0.3, -0.25) is 4.79 Å². The van der Waals surface area contributed by atoms with Gasteiger partial charge in [0.05, 0.1) is 0 Å². The first-order valence-electron chi connectivity index (χ1n) is 10.0. The molecule has 1 aromatic carbocycles. The molecule has 0 radical (unpaired) electrons. The number of benzene rings is 1. The molecule has 3 heteroatoms. The average Bonchev–Trinajstić information content (AvgIpc) is 2.94. The SMILES string of the molecule is CC(=O)C1CC23[C@H](C)CC1[C@@H]1Oc4cccc5c4[C@@]12CCN(C)[C@@H]3C5. The molecule has 3 saturated carbocycles. The van der Waals surface area contributed by atoms with Crippen LogP contribution in [0.15, 0.2) is 18.2 Å². The van der Waals surface area contributed by atoms with E-state index in [9.17, 15) is 4.79 Å². The van der Waals surface area contributed by atoms with Crippen molar-refractivity contribution < 1.29 is 9.53 Å². The first kappa shape index (κ1) is 14.8. The second-order valence-corrected chi connectivity index (χ2v) is 9.51. The van der Waals surface area contributed by atoms with Crippen molar-refractivity contribution in [2.24, 2.45) is 23.2 Å².